The Morgan fingerprint density at radius 1 is 1.09 bits per heavy atom. The molecule has 0 aliphatic rings. The molecule has 0 atom stereocenters. The Hall–Kier alpha value is -2.66. The number of nitrogens with one attached hydrogen (secondary N) is 1. The normalized spacial score (nSPS) is 10.6. The molecule has 0 aliphatic carbocycles. The summed E-state index contributed by atoms with van der Waals surface area (Å²) in [7, 11) is 0. The van der Waals surface area contributed by atoms with Gasteiger partial charge >= 0.3 is 5.97 Å². The van der Waals surface area contributed by atoms with E-state index in [1.165, 1.54) is 0 Å². The molecule has 0 amide bonds. The fraction of sp³-hybridized carbons (Fsp3) is 0.0625. The summed E-state index contributed by atoms with van der Waals surface area (Å²) in [4.78, 5) is 19.7. The van der Waals surface area contributed by atoms with E-state index in [9.17, 15) is 4.79 Å². The van der Waals surface area contributed by atoms with E-state index in [1.807, 2.05) is 36.4 Å². The number of carbonyl (C=O) groups is 1. The molecule has 3 aromatic rings. The molecule has 0 fully saturated rings. The lowest BCUT2D eigenvalue weighted by Crippen LogP contribution is -2.14. The number of para-hydroxylation sites is 1. The highest BCUT2D eigenvalue weighted by molar-refractivity contribution is 6.30. The van der Waals surface area contributed by atoms with Crippen molar-refractivity contribution in [3.05, 3.63) is 53.6 Å². The van der Waals surface area contributed by atoms with Gasteiger partial charge in [0.25, 0.3) is 0 Å². The standard InChI is InChI=1S/C16H12ClN3O2/c17-11-7-5-10(6-8-11)15-19-13-4-2-1-3-12(13)16(20-15)18-9-14(21)22/h1-8H,9H2,(H,21,22)(H,18,19,20). The van der Waals surface area contributed by atoms with Crippen LogP contribution in [0, 0.1) is 0 Å². The van der Waals surface area contributed by atoms with Crippen LogP contribution in [0.2, 0.25) is 5.02 Å². The summed E-state index contributed by atoms with van der Waals surface area (Å²) in [6.45, 7) is -0.207. The monoisotopic (exact) mass is 313 g/mol. The van der Waals surface area contributed by atoms with E-state index in [2.05, 4.69) is 15.3 Å². The number of carboxylic acids is 1. The fourth-order valence-electron chi connectivity index (χ4n) is 2.10. The highest BCUT2D eigenvalue weighted by Gasteiger charge is 2.10. The van der Waals surface area contributed by atoms with Gasteiger partial charge in [-0.05, 0) is 36.4 Å². The first-order chi connectivity index (χ1) is 10.6. The van der Waals surface area contributed by atoms with Gasteiger partial charge in [-0.2, -0.15) is 0 Å². The highest BCUT2D eigenvalue weighted by Crippen LogP contribution is 2.25. The summed E-state index contributed by atoms with van der Waals surface area (Å²) in [6.07, 6.45) is 0. The van der Waals surface area contributed by atoms with E-state index in [0.717, 1.165) is 16.5 Å². The molecule has 2 N–H and O–H groups in total. The zero-order valence-electron chi connectivity index (χ0n) is 11.5. The van der Waals surface area contributed by atoms with Crippen LogP contribution in [0.5, 0.6) is 0 Å². The lowest BCUT2D eigenvalue weighted by atomic mass is 10.2. The second-order valence-electron chi connectivity index (χ2n) is 4.67. The van der Waals surface area contributed by atoms with Crippen LogP contribution in [0.15, 0.2) is 48.5 Å². The quantitative estimate of drug-likeness (QED) is 0.771. The van der Waals surface area contributed by atoms with E-state index in [1.54, 1.807) is 12.1 Å². The topological polar surface area (TPSA) is 75.1 Å². The zero-order chi connectivity index (χ0) is 15.5. The number of aliphatic carboxylic acids is 1. The molecule has 0 aliphatic heterocycles. The number of halogens is 1. The van der Waals surface area contributed by atoms with Crippen LogP contribution in [-0.4, -0.2) is 27.6 Å². The first-order valence-electron chi connectivity index (χ1n) is 6.62. The van der Waals surface area contributed by atoms with Gasteiger partial charge in [0.05, 0.1) is 5.52 Å². The van der Waals surface area contributed by atoms with Crippen molar-refractivity contribution >= 4 is 34.3 Å². The highest BCUT2D eigenvalue weighted by atomic mass is 35.5. The minimum atomic E-state index is -0.948. The number of nitrogens with zero attached hydrogens (tertiary/aromatic N) is 2. The van der Waals surface area contributed by atoms with E-state index in [0.29, 0.717) is 16.7 Å². The fourth-order valence-corrected chi connectivity index (χ4v) is 2.22. The number of fused-ring (bicyclic) bond motifs is 1. The Bertz CT molecular complexity index is 834. The first kappa shape index (κ1) is 14.3. The Morgan fingerprint density at radius 3 is 2.55 bits per heavy atom. The second kappa shape index (κ2) is 5.99. The molecule has 6 heteroatoms. The van der Waals surface area contributed by atoms with Crippen LogP contribution < -0.4 is 5.32 Å². The van der Waals surface area contributed by atoms with Gasteiger partial charge in [-0.25, -0.2) is 9.97 Å². The van der Waals surface area contributed by atoms with Gasteiger partial charge in [0.15, 0.2) is 5.82 Å². The maximum absolute atomic E-state index is 10.8. The molecule has 1 aromatic heterocycles. The summed E-state index contributed by atoms with van der Waals surface area (Å²) in [5.41, 5.74) is 1.56. The average Bonchev–Trinajstić information content (AvgIpc) is 2.53. The van der Waals surface area contributed by atoms with Crippen molar-refractivity contribution in [3.63, 3.8) is 0 Å². The number of anilines is 1. The molecule has 2 aromatic carbocycles. The van der Waals surface area contributed by atoms with Gasteiger partial charge in [-0.3, -0.25) is 4.79 Å². The number of rotatable bonds is 4. The molecule has 0 unspecified atom stereocenters. The van der Waals surface area contributed by atoms with Crippen LogP contribution in [0.1, 0.15) is 0 Å². The minimum Gasteiger partial charge on any atom is -0.480 e. The van der Waals surface area contributed by atoms with Crippen molar-refractivity contribution in [1.82, 2.24) is 9.97 Å². The summed E-state index contributed by atoms with van der Waals surface area (Å²) < 4.78 is 0. The van der Waals surface area contributed by atoms with Crippen LogP contribution in [0.25, 0.3) is 22.3 Å². The van der Waals surface area contributed by atoms with Gasteiger partial charge in [0.1, 0.15) is 12.4 Å². The van der Waals surface area contributed by atoms with Crippen molar-refractivity contribution in [3.8, 4) is 11.4 Å². The molecule has 22 heavy (non-hydrogen) atoms. The van der Waals surface area contributed by atoms with E-state index in [4.69, 9.17) is 16.7 Å². The van der Waals surface area contributed by atoms with Crippen molar-refractivity contribution in [1.29, 1.82) is 0 Å². The van der Waals surface area contributed by atoms with Crippen molar-refractivity contribution in [2.45, 2.75) is 0 Å². The maximum atomic E-state index is 10.8. The summed E-state index contributed by atoms with van der Waals surface area (Å²) in [5.74, 6) is 0.0666. The van der Waals surface area contributed by atoms with E-state index < -0.39 is 5.97 Å². The Kier molecular flexibility index (Phi) is 3.89. The van der Waals surface area contributed by atoms with Gasteiger partial charge in [-0.1, -0.05) is 23.7 Å². The van der Waals surface area contributed by atoms with Gasteiger partial charge in [0, 0.05) is 16.0 Å². The van der Waals surface area contributed by atoms with Crippen molar-refractivity contribution < 1.29 is 9.90 Å². The predicted molar refractivity (Wildman–Crippen MR) is 86.1 cm³/mol. The molecule has 3 rings (SSSR count). The van der Waals surface area contributed by atoms with Crippen LogP contribution in [0.3, 0.4) is 0 Å². The molecule has 0 radical (unpaired) electrons. The molecule has 1 heterocycles. The summed E-state index contributed by atoms with van der Waals surface area (Å²) in [5, 5.41) is 13.1. The van der Waals surface area contributed by atoms with Crippen molar-refractivity contribution in [2.24, 2.45) is 0 Å². The number of hydrogen-bond donors (Lipinski definition) is 2. The third kappa shape index (κ3) is 2.99. The van der Waals surface area contributed by atoms with Gasteiger partial charge in [0.2, 0.25) is 0 Å². The molecule has 0 saturated heterocycles. The molecule has 0 saturated carbocycles. The second-order valence-corrected chi connectivity index (χ2v) is 5.10. The lowest BCUT2D eigenvalue weighted by molar-refractivity contribution is -0.134. The summed E-state index contributed by atoms with van der Waals surface area (Å²) in [6, 6.07) is 14.6. The van der Waals surface area contributed by atoms with Gasteiger partial charge in [-0.15, -0.1) is 0 Å². The largest absolute Gasteiger partial charge is 0.480 e. The third-order valence-corrected chi connectivity index (χ3v) is 3.36. The first-order valence-corrected chi connectivity index (χ1v) is 6.99. The molecular formula is C16H12ClN3O2. The molecule has 0 spiro atoms. The molecule has 110 valence electrons. The maximum Gasteiger partial charge on any atom is 0.322 e. The van der Waals surface area contributed by atoms with E-state index in [-0.39, 0.29) is 6.54 Å². The van der Waals surface area contributed by atoms with Crippen molar-refractivity contribution in [2.75, 3.05) is 11.9 Å². The summed E-state index contributed by atoms with van der Waals surface area (Å²) >= 11 is 5.89. The number of hydrogen-bond acceptors (Lipinski definition) is 4. The van der Waals surface area contributed by atoms with E-state index >= 15 is 0 Å². The van der Waals surface area contributed by atoms with Crippen LogP contribution >= 0.6 is 11.6 Å². The average molecular weight is 314 g/mol. The Balaban J connectivity index is 2.11. The number of aromatic nitrogens is 2. The van der Waals surface area contributed by atoms with Crippen LogP contribution in [-0.2, 0) is 4.79 Å². The molecule has 0 bridgehead atoms. The molecule has 5 nitrogen and oxygen atoms in total. The SMILES string of the molecule is O=C(O)CNc1nc(-c2ccc(Cl)cc2)nc2ccccc12. The minimum absolute atomic E-state index is 0.207. The predicted octanol–water partition coefficient (Wildman–Crippen LogP) is 3.45. The third-order valence-electron chi connectivity index (χ3n) is 3.11. The smallest absolute Gasteiger partial charge is 0.322 e. The van der Waals surface area contributed by atoms with Crippen LogP contribution in [0.4, 0.5) is 5.82 Å². The lowest BCUT2D eigenvalue weighted by Gasteiger charge is -2.09. The molecular weight excluding hydrogens is 302 g/mol. The van der Waals surface area contributed by atoms with Gasteiger partial charge < -0.3 is 10.4 Å². The number of carboxylic acid groups (broad SMARTS) is 1. The number of benzene rings is 2. The Morgan fingerprint density at radius 2 is 1.82 bits per heavy atom. The Labute approximate surface area is 131 Å². The zero-order valence-corrected chi connectivity index (χ0v) is 12.2.